The molecule has 0 aromatic heterocycles. The molecule has 0 aliphatic heterocycles. The molecule has 0 fully saturated rings. The number of rotatable bonds is 9. The Morgan fingerprint density at radius 3 is 2.46 bits per heavy atom. The molecule has 0 bridgehead atoms. The van der Waals surface area contributed by atoms with Crippen LogP contribution in [-0.4, -0.2) is 38.4 Å². The lowest BCUT2D eigenvalue weighted by Gasteiger charge is -2.12. The highest BCUT2D eigenvalue weighted by Gasteiger charge is 2.09. The molecular formula is C20H23N3O5. The molecule has 0 atom stereocenters. The second kappa shape index (κ2) is 10.6. The van der Waals surface area contributed by atoms with E-state index >= 15 is 0 Å². The summed E-state index contributed by atoms with van der Waals surface area (Å²) in [7, 11) is 1.50. The summed E-state index contributed by atoms with van der Waals surface area (Å²) in [5, 5.41) is 6.54. The number of hydrogen-bond acceptors (Lipinski definition) is 6. The Bertz CT molecular complexity index is 834. The van der Waals surface area contributed by atoms with Crippen molar-refractivity contribution in [2.75, 3.05) is 25.6 Å². The molecule has 2 aromatic carbocycles. The first-order valence-corrected chi connectivity index (χ1v) is 8.65. The van der Waals surface area contributed by atoms with Crippen LogP contribution >= 0.6 is 0 Å². The zero-order valence-corrected chi connectivity index (χ0v) is 16.0. The zero-order valence-electron chi connectivity index (χ0n) is 16.0. The third-order valence-electron chi connectivity index (χ3n) is 3.43. The topological polar surface area (TPSA) is 98.3 Å². The largest absolute Gasteiger partial charge is 0.494 e. The van der Waals surface area contributed by atoms with E-state index < -0.39 is 0 Å². The average Bonchev–Trinajstić information content (AvgIpc) is 2.68. The van der Waals surface area contributed by atoms with Gasteiger partial charge in [0.2, 0.25) is 5.91 Å². The average molecular weight is 385 g/mol. The van der Waals surface area contributed by atoms with Crippen LogP contribution in [0, 0.1) is 0 Å². The predicted octanol–water partition coefficient (Wildman–Crippen LogP) is 2.58. The van der Waals surface area contributed by atoms with Gasteiger partial charge in [-0.15, -0.1) is 0 Å². The Morgan fingerprint density at radius 1 is 1.07 bits per heavy atom. The van der Waals surface area contributed by atoms with Crippen molar-refractivity contribution in [3.05, 3.63) is 48.0 Å². The van der Waals surface area contributed by atoms with E-state index in [1.165, 1.54) is 20.2 Å². The second-order valence-corrected chi connectivity index (χ2v) is 5.63. The van der Waals surface area contributed by atoms with Gasteiger partial charge in [0.1, 0.15) is 5.75 Å². The summed E-state index contributed by atoms with van der Waals surface area (Å²) in [4.78, 5) is 22.9. The highest BCUT2D eigenvalue weighted by molar-refractivity contribution is 5.92. The Kier molecular flexibility index (Phi) is 7.83. The van der Waals surface area contributed by atoms with E-state index in [0.29, 0.717) is 29.4 Å². The Labute approximate surface area is 163 Å². The molecule has 0 spiro atoms. The minimum atomic E-state index is -0.303. The number of nitrogens with zero attached hydrogens (tertiary/aromatic N) is 1. The monoisotopic (exact) mass is 385 g/mol. The summed E-state index contributed by atoms with van der Waals surface area (Å²) >= 11 is 0. The molecule has 2 amide bonds. The smallest absolute Gasteiger partial charge is 0.262 e. The van der Waals surface area contributed by atoms with E-state index in [4.69, 9.17) is 14.2 Å². The number of anilines is 1. The number of nitrogens with one attached hydrogen (secondary N) is 2. The molecular weight excluding hydrogens is 362 g/mol. The molecule has 28 heavy (non-hydrogen) atoms. The maximum Gasteiger partial charge on any atom is 0.262 e. The molecule has 0 radical (unpaired) electrons. The number of carbonyl (C=O) groups excluding carboxylic acids is 2. The molecule has 148 valence electrons. The van der Waals surface area contributed by atoms with Crippen LogP contribution in [0.4, 0.5) is 5.69 Å². The summed E-state index contributed by atoms with van der Waals surface area (Å²) in [5.74, 6) is 1.04. The van der Waals surface area contributed by atoms with E-state index in [1.54, 1.807) is 42.5 Å². The normalized spacial score (nSPS) is 10.4. The lowest BCUT2D eigenvalue weighted by molar-refractivity contribution is -0.119. The second-order valence-electron chi connectivity index (χ2n) is 5.63. The number of hydrogen-bond donors (Lipinski definition) is 2. The first kappa shape index (κ1) is 20.8. The van der Waals surface area contributed by atoms with Gasteiger partial charge in [-0.05, 0) is 55.0 Å². The van der Waals surface area contributed by atoms with Crippen molar-refractivity contribution in [3.63, 3.8) is 0 Å². The van der Waals surface area contributed by atoms with Gasteiger partial charge >= 0.3 is 0 Å². The number of amides is 2. The van der Waals surface area contributed by atoms with E-state index in [1.807, 2.05) is 6.92 Å². The lowest BCUT2D eigenvalue weighted by Crippen LogP contribution is -2.20. The maximum atomic E-state index is 12.1. The van der Waals surface area contributed by atoms with E-state index in [0.717, 1.165) is 5.75 Å². The molecule has 2 aromatic rings. The highest BCUT2D eigenvalue weighted by Crippen LogP contribution is 2.27. The molecule has 0 saturated heterocycles. The van der Waals surface area contributed by atoms with Crippen molar-refractivity contribution in [2.24, 2.45) is 5.10 Å². The molecule has 0 aliphatic carbocycles. The van der Waals surface area contributed by atoms with E-state index in [-0.39, 0.29) is 18.4 Å². The van der Waals surface area contributed by atoms with Gasteiger partial charge in [-0.3, -0.25) is 9.59 Å². The van der Waals surface area contributed by atoms with Crippen LogP contribution in [0.25, 0.3) is 0 Å². The first-order chi connectivity index (χ1) is 13.5. The van der Waals surface area contributed by atoms with Gasteiger partial charge < -0.3 is 19.5 Å². The summed E-state index contributed by atoms with van der Waals surface area (Å²) in [6, 6.07) is 12.2. The fraction of sp³-hybridized carbons (Fsp3) is 0.250. The molecule has 2 rings (SSSR count). The molecule has 0 aliphatic rings. The molecule has 0 saturated carbocycles. The summed E-state index contributed by atoms with van der Waals surface area (Å²) in [6.07, 6.45) is 1.48. The SMILES string of the molecule is CCOc1ccc(NC(=O)COc2ccc(/C=N\NC(C)=O)cc2OC)cc1. The van der Waals surface area contributed by atoms with Crippen LogP contribution in [0.15, 0.2) is 47.6 Å². The lowest BCUT2D eigenvalue weighted by atomic mass is 10.2. The minimum absolute atomic E-state index is 0.178. The fourth-order valence-corrected chi connectivity index (χ4v) is 2.22. The molecule has 8 nitrogen and oxygen atoms in total. The fourth-order valence-electron chi connectivity index (χ4n) is 2.22. The van der Waals surface area contributed by atoms with Gasteiger partial charge in [0.15, 0.2) is 18.1 Å². The summed E-state index contributed by atoms with van der Waals surface area (Å²) in [5.41, 5.74) is 3.67. The number of hydrazone groups is 1. The maximum absolute atomic E-state index is 12.1. The minimum Gasteiger partial charge on any atom is -0.494 e. The van der Waals surface area contributed by atoms with Crippen molar-refractivity contribution in [3.8, 4) is 17.2 Å². The Balaban J connectivity index is 1.92. The highest BCUT2D eigenvalue weighted by atomic mass is 16.5. The van der Waals surface area contributed by atoms with Gasteiger partial charge in [-0.25, -0.2) is 5.43 Å². The van der Waals surface area contributed by atoms with Gasteiger partial charge in [0, 0.05) is 12.6 Å². The third kappa shape index (κ3) is 6.64. The van der Waals surface area contributed by atoms with Crippen molar-refractivity contribution >= 4 is 23.7 Å². The number of carbonyl (C=O) groups is 2. The predicted molar refractivity (Wildman–Crippen MR) is 106 cm³/mol. The van der Waals surface area contributed by atoms with Crippen LogP contribution in [0.1, 0.15) is 19.4 Å². The molecule has 0 unspecified atom stereocenters. The van der Waals surface area contributed by atoms with E-state index in [9.17, 15) is 9.59 Å². The summed E-state index contributed by atoms with van der Waals surface area (Å²) < 4.78 is 16.2. The van der Waals surface area contributed by atoms with Crippen molar-refractivity contribution < 1.29 is 23.8 Å². The van der Waals surface area contributed by atoms with Gasteiger partial charge in [-0.1, -0.05) is 0 Å². The van der Waals surface area contributed by atoms with Crippen LogP contribution in [-0.2, 0) is 9.59 Å². The van der Waals surface area contributed by atoms with Crippen LogP contribution in [0.3, 0.4) is 0 Å². The third-order valence-corrected chi connectivity index (χ3v) is 3.43. The van der Waals surface area contributed by atoms with Crippen molar-refractivity contribution in [1.82, 2.24) is 5.43 Å². The number of ether oxygens (including phenoxy) is 3. The molecule has 2 N–H and O–H groups in total. The van der Waals surface area contributed by atoms with Gasteiger partial charge in [0.25, 0.3) is 5.91 Å². The van der Waals surface area contributed by atoms with Crippen LogP contribution in [0.5, 0.6) is 17.2 Å². The molecule has 8 heteroatoms. The Hall–Kier alpha value is -3.55. The quantitative estimate of drug-likeness (QED) is 0.511. The number of methoxy groups -OCH3 is 1. The molecule has 0 heterocycles. The van der Waals surface area contributed by atoms with E-state index in [2.05, 4.69) is 15.8 Å². The van der Waals surface area contributed by atoms with Crippen molar-refractivity contribution in [1.29, 1.82) is 0 Å². The summed E-state index contributed by atoms with van der Waals surface area (Å²) in [6.45, 7) is 3.68. The van der Waals surface area contributed by atoms with Gasteiger partial charge in [0.05, 0.1) is 19.9 Å². The van der Waals surface area contributed by atoms with Crippen LogP contribution < -0.4 is 25.0 Å². The van der Waals surface area contributed by atoms with Crippen molar-refractivity contribution in [2.45, 2.75) is 13.8 Å². The standard InChI is InChI=1S/C20H23N3O5/c1-4-27-17-8-6-16(7-9-17)22-20(25)13-28-18-10-5-15(11-19(18)26-3)12-21-23-14(2)24/h5-12H,4,13H2,1-3H3,(H,22,25)(H,23,24)/b21-12-. The number of benzene rings is 2. The van der Waals surface area contributed by atoms with Gasteiger partial charge in [-0.2, -0.15) is 5.10 Å². The Morgan fingerprint density at radius 2 is 1.82 bits per heavy atom. The first-order valence-electron chi connectivity index (χ1n) is 8.65. The zero-order chi connectivity index (χ0) is 20.4. The van der Waals surface area contributed by atoms with Crippen LogP contribution in [0.2, 0.25) is 0 Å².